The number of hydrogen-bond acceptors (Lipinski definition) is 2. The van der Waals surface area contributed by atoms with Crippen molar-refractivity contribution in [2.24, 2.45) is 11.8 Å². The Kier molecular flexibility index (Phi) is 3.21. The molecule has 2 saturated carbocycles. The van der Waals surface area contributed by atoms with Crippen molar-refractivity contribution in [3.8, 4) is 0 Å². The van der Waals surface area contributed by atoms with Crippen LogP contribution in [0.15, 0.2) is 0 Å². The molecule has 1 heterocycles. The Hall–Kier alpha value is -0.0800. The lowest BCUT2D eigenvalue weighted by atomic mass is 9.92. The molecule has 2 unspecified atom stereocenters. The standard InChI is InChI=1S/C14H26N2/c1-11-3-2-8-15-14(11)10-16(13-6-7-13)9-12-4-5-12/h11-15H,2-10H2,1H3. The van der Waals surface area contributed by atoms with Crippen LogP contribution in [-0.2, 0) is 0 Å². The van der Waals surface area contributed by atoms with Gasteiger partial charge in [0.25, 0.3) is 0 Å². The van der Waals surface area contributed by atoms with Gasteiger partial charge in [-0.1, -0.05) is 6.92 Å². The van der Waals surface area contributed by atoms with Gasteiger partial charge in [-0.15, -0.1) is 0 Å². The Morgan fingerprint density at radius 1 is 1.06 bits per heavy atom. The van der Waals surface area contributed by atoms with E-state index in [0.29, 0.717) is 0 Å². The maximum Gasteiger partial charge on any atom is 0.0220 e. The Labute approximate surface area is 99.8 Å². The van der Waals surface area contributed by atoms with Crippen molar-refractivity contribution in [2.75, 3.05) is 19.6 Å². The van der Waals surface area contributed by atoms with Crippen LogP contribution in [0.25, 0.3) is 0 Å². The van der Waals surface area contributed by atoms with Crippen LogP contribution in [0.5, 0.6) is 0 Å². The Bertz CT molecular complexity index is 233. The van der Waals surface area contributed by atoms with E-state index in [2.05, 4.69) is 17.1 Å². The van der Waals surface area contributed by atoms with Gasteiger partial charge in [0.2, 0.25) is 0 Å². The molecule has 1 N–H and O–H groups in total. The summed E-state index contributed by atoms with van der Waals surface area (Å²) in [6.07, 6.45) is 8.73. The zero-order chi connectivity index (χ0) is 11.0. The fourth-order valence-corrected chi connectivity index (χ4v) is 3.06. The normalized spacial score (nSPS) is 35.6. The highest BCUT2D eigenvalue weighted by Crippen LogP contribution is 2.35. The van der Waals surface area contributed by atoms with Crippen molar-refractivity contribution in [1.82, 2.24) is 10.2 Å². The molecular weight excluding hydrogens is 196 g/mol. The first-order valence-electron chi connectivity index (χ1n) is 7.30. The summed E-state index contributed by atoms with van der Waals surface area (Å²) in [6, 6.07) is 1.73. The molecule has 2 heteroatoms. The third kappa shape index (κ3) is 2.78. The third-order valence-electron chi connectivity index (χ3n) is 4.61. The van der Waals surface area contributed by atoms with Gasteiger partial charge in [-0.05, 0) is 56.9 Å². The number of rotatable bonds is 5. The van der Waals surface area contributed by atoms with Crippen LogP contribution in [-0.4, -0.2) is 36.6 Å². The fourth-order valence-electron chi connectivity index (χ4n) is 3.06. The van der Waals surface area contributed by atoms with Gasteiger partial charge in [0, 0.05) is 25.2 Å². The van der Waals surface area contributed by atoms with Crippen LogP contribution >= 0.6 is 0 Å². The van der Waals surface area contributed by atoms with Gasteiger partial charge < -0.3 is 5.32 Å². The summed E-state index contributed by atoms with van der Waals surface area (Å²) in [5, 5.41) is 3.73. The van der Waals surface area contributed by atoms with E-state index in [1.807, 2.05) is 0 Å². The molecule has 0 spiro atoms. The first-order valence-corrected chi connectivity index (χ1v) is 7.30. The molecule has 92 valence electrons. The summed E-state index contributed by atoms with van der Waals surface area (Å²) in [7, 11) is 0. The molecule has 0 aromatic rings. The van der Waals surface area contributed by atoms with Crippen molar-refractivity contribution in [3.63, 3.8) is 0 Å². The molecule has 0 aromatic carbocycles. The molecule has 0 bridgehead atoms. The molecule has 2 atom stereocenters. The Morgan fingerprint density at radius 3 is 2.50 bits per heavy atom. The summed E-state index contributed by atoms with van der Waals surface area (Å²) in [5.41, 5.74) is 0. The zero-order valence-corrected chi connectivity index (χ0v) is 10.6. The molecule has 3 aliphatic rings. The van der Waals surface area contributed by atoms with Gasteiger partial charge in [0.05, 0.1) is 0 Å². The molecular formula is C14H26N2. The van der Waals surface area contributed by atoms with Crippen LogP contribution in [0.2, 0.25) is 0 Å². The van der Waals surface area contributed by atoms with Gasteiger partial charge in [0.1, 0.15) is 0 Å². The number of piperidine rings is 1. The summed E-state index contributed by atoms with van der Waals surface area (Å²) in [5.74, 6) is 1.94. The van der Waals surface area contributed by atoms with Crippen LogP contribution in [0.1, 0.15) is 45.4 Å². The second-order valence-electron chi connectivity index (χ2n) is 6.31. The smallest absolute Gasteiger partial charge is 0.0220 e. The fraction of sp³-hybridized carbons (Fsp3) is 1.00. The molecule has 1 saturated heterocycles. The van der Waals surface area contributed by atoms with Crippen LogP contribution < -0.4 is 5.32 Å². The SMILES string of the molecule is CC1CCCNC1CN(CC1CC1)C1CC1. The molecule has 2 nitrogen and oxygen atoms in total. The first-order chi connectivity index (χ1) is 7.83. The average molecular weight is 222 g/mol. The second-order valence-corrected chi connectivity index (χ2v) is 6.31. The summed E-state index contributed by atoms with van der Waals surface area (Å²) in [6.45, 7) is 6.40. The molecule has 0 radical (unpaired) electrons. The first kappa shape index (κ1) is 11.0. The highest BCUT2D eigenvalue weighted by Gasteiger charge is 2.35. The minimum absolute atomic E-state index is 0.771. The molecule has 0 amide bonds. The van der Waals surface area contributed by atoms with E-state index in [0.717, 1.165) is 23.9 Å². The van der Waals surface area contributed by atoms with Crippen molar-refractivity contribution in [3.05, 3.63) is 0 Å². The third-order valence-corrected chi connectivity index (χ3v) is 4.61. The van der Waals surface area contributed by atoms with E-state index >= 15 is 0 Å². The van der Waals surface area contributed by atoms with Gasteiger partial charge in [-0.3, -0.25) is 4.90 Å². The highest BCUT2D eigenvalue weighted by molar-refractivity contribution is 4.92. The van der Waals surface area contributed by atoms with Gasteiger partial charge in [-0.2, -0.15) is 0 Å². The molecule has 2 aliphatic carbocycles. The van der Waals surface area contributed by atoms with E-state index in [-0.39, 0.29) is 0 Å². The van der Waals surface area contributed by atoms with Crippen molar-refractivity contribution >= 4 is 0 Å². The lowest BCUT2D eigenvalue weighted by Gasteiger charge is -2.35. The van der Waals surface area contributed by atoms with Crippen molar-refractivity contribution in [1.29, 1.82) is 0 Å². The predicted molar refractivity (Wildman–Crippen MR) is 67.5 cm³/mol. The van der Waals surface area contributed by atoms with Crippen LogP contribution in [0.3, 0.4) is 0 Å². The van der Waals surface area contributed by atoms with E-state index in [1.165, 1.54) is 58.2 Å². The van der Waals surface area contributed by atoms with Crippen molar-refractivity contribution in [2.45, 2.75) is 57.5 Å². The Balaban J connectivity index is 1.52. The van der Waals surface area contributed by atoms with Crippen molar-refractivity contribution < 1.29 is 0 Å². The lowest BCUT2D eigenvalue weighted by molar-refractivity contribution is 0.178. The van der Waals surface area contributed by atoms with Gasteiger partial charge in [0.15, 0.2) is 0 Å². The summed E-state index contributed by atoms with van der Waals surface area (Å²) < 4.78 is 0. The van der Waals surface area contributed by atoms with E-state index in [4.69, 9.17) is 0 Å². The van der Waals surface area contributed by atoms with E-state index in [9.17, 15) is 0 Å². The zero-order valence-electron chi connectivity index (χ0n) is 10.6. The Morgan fingerprint density at radius 2 is 1.88 bits per heavy atom. The lowest BCUT2D eigenvalue weighted by Crippen LogP contribution is -2.49. The van der Waals surface area contributed by atoms with E-state index in [1.54, 1.807) is 0 Å². The number of hydrogen-bond donors (Lipinski definition) is 1. The van der Waals surface area contributed by atoms with E-state index < -0.39 is 0 Å². The number of nitrogens with zero attached hydrogens (tertiary/aromatic N) is 1. The topological polar surface area (TPSA) is 15.3 Å². The summed E-state index contributed by atoms with van der Waals surface area (Å²) >= 11 is 0. The number of nitrogens with one attached hydrogen (secondary N) is 1. The highest BCUT2D eigenvalue weighted by atomic mass is 15.2. The minimum atomic E-state index is 0.771. The largest absolute Gasteiger partial charge is 0.312 e. The quantitative estimate of drug-likeness (QED) is 0.767. The maximum atomic E-state index is 3.73. The van der Waals surface area contributed by atoms with Crippen LogP contribution in [0.4, 0.5) is 0 Å². The predicted octanol–water partition coefficient (Wildman–Crippen LogP) is 2.25. The summed E-state index contributed by atoms with van der Waals surface area (Å²) in [4.78, 5) is 2.80. The molecule has 16 heavy (non-hydrogen) atoms. The molecule has 3 rings (SSSR count). The maximum absolute atomic E-state index is 3.73. The minimum Gasteiger partial charge on any atom is -0.312 e. The average Bonchev–Trinajstić information content (AvgIpc) is 3.15. The van der Waals surface area contributed by atoms with Gasteiger partial charge >= 0.3 is 0 Å². The monoisotopic (exact) mass is 222 g/mol. The molecule has 0 aromatic heterocycles. The molecule has 3 fully saturated rings. The second kappa shape index (κ2) is 4.66. The van der Waals surface area contributed by atoms with Gasteiger partial charge in [-0.25, -0.2) is 0 Å². The molecule has 1 aliphatic heterocycles. The van der Waals surface area contributed by atoms with Crippen LogP contribution in [0, 0.1) is 11.8 Å².